The lowest BCUT2D eigenvalue weighted by Gasteiger charge is -2.32. The summed E-state index contributed by atoms with van der Waals surface area (Å²) in [4.78, 5) is 18.4. The lowest BCUT2D eigenvalue weighted by molar-refractivity contribution is -0.141. The molecule has 1 fully saturated rings. The van der Waals surface area contributed by atoms with Crippen LogP contribution in [-0.2, 0) is 27.9 Å². The fraction of sp³-hybridized carbons (Fsp3) is 0.391. The van der Waals surface area contributed by atoms with Crippen molar-refractivity contribution in [3.63, 3.8) is 0 Å². The van der Waals surface area contributed by atoms with Gasteiger partial charge in [0.05, 0.1) is 11.4 Å². The fourth-order valence-electron chi connectivity index (χ4n) is 4.25. The Kier molecular flexibility index (Phi) is 6.68. The molecule has 11 heteroatoms. The number of aromatic nitrogens is 2. The predicted molar refractivity (Wildman–Crippen MR) is 120 cm³/mol. The van der Waals surface area contributed by atoms with Gasteiger partial charge < -0.3 is 9.47 Å². The number of imidazole rings is 1. The van der Waals surface area contributed by atoms with Crippen LogP contribution in [0.4, 0.5) is 13.2 Å². The Morgan fingerprint density at radius 3 is 2.47 bits per heavy atom. The van der Waals surface area contributed by atoms with Crippen molar-refractivity contribution < 1.29 is 26.4 Å². The van der Waals surface area contributed by atoms with Gasteiger partial charge in [0, 0.05) is 38.4 Å². The number of rotatable bonds is 6. The number of hydrogen-bond acceptors (Lipinski definition) is 4. The van der Waals surface area contributed by atoms with Gasteiger partial charge in [0.2, 0.25) is 15.9 Å². The van der Waals surface area contributed by atoms with E-state index in [4.69, 9.17) is 0 Å². The Morgan fingerprint density at radius 1 is 1.12 bits per heavy atom. The van der Waals surface area contributed by atoms with Gasteiger partial charge in [-0.1, -0.05) is 30.3 Å². The summed E-state index contributed by atoms with van der Waals surface area (Å²) in [6.07, 6.45) is -1.20. The van der Waals surface area contributed by atoms with Crippen LogP contribution in [0.15, 0.2) is 59.8 Å². The summed E-state index contributed by atoms with van der Waals surface area (Å²) in [7, 11) is -2.18. The van der Waals surface area contributed by atoms with Gasteiger partial charge in [-0.25, -0.2) is 13.4 Å². The van der Waals surface area contributed by atoms with E-state index in [1.165, 1.54) is 28.6 Å². The molecule has 1 amide bonds. The molecule has 7 nitrogen and oxygen atoms in total. The average molecular weight is 495 g/mol. The van der Waals surface area contributed by atoms with Crippen LogP contribution in [-0.4, -0.2) is 59.4 Å². The molecule has 2 aromatic carbocycles. The second-order valence-corrected chi connectivity index (χ2v) is 10.4. The molecule has 0 unspecified atom stereocenters. The molecule has 0 radical (unpaired) electrons. The van der Waals surface area contributed by atoms with Gasteiger partial charge in [-0.05, 0) is 35.7 Å². The SMILES string of the molecule is CN(Cc1nccn1CC(F)(F)F)C(=O)C1CCN(S(=O)(=O)c2ccc3ccccc3c2)CC1. The van der Waals surface area contributed by atoms with Gasteiger partial charge in [0.15, 0.2) is 0 Å². The summed E-state index contributed by atoms with van der Waals surface area (Å²) >= 11 is 0. The molecule has 0 saturated carbocycles. The van der Waals surface area contributed by atoms with E-state index < -0.39 is 28.7 Å². The third-order valence-electron chi connectivity index (χ3n) is 6.07. The van der Waals surface area contributed by atoms with Crippen LogP contribution in [0.3, 0.4) is 0 Å². The van der Waals surface area contributed by atoms with Gasteiger partial charge in [-0.15, -0.1) is 0 Å². The Hall–Kier alpha value is -2.92. The highest BCUT2D eigenvalue weighted by Crippen LogP contribution is 2.27. The van der Waals surface area contributed by atoms with Gasteiger partial charge in [-0.3, -0.25) is 4.79 Å². The van der Waals surface area contributed by atoms with E-state index in [0.29, 0.717) is 12.8 Å². The molecule has 0 spiro atoms. The zero-order valence-corrected chi connectivity index (χ0v) is 19.4. The largest absolute Gasteiger partial charge is 0.406 e. The van der Waals surface area contributed by atoms with E-state index in [-0.39, 0.29) is 36.3 Å². The molecular formula is C23H25F3N4O3S. The van der Waals surface area contributed by atoms with E-state index >= 15 is 0 Å². The Morgan fingerprint density at radius 2 is 1.79 bits per heavy atom. The summed E-state index contributed by atoms with van der Waals surface area (Å²) in [6, 6.07) is 12.5. The first-order valence-electron chi connectivity index (χ1n) is 10.9. The van der Waals surface area contributed by atoms with Crippen molar-refractivity contribution in [1.82, 2.24) is 18.8 Å². The quantitative estimate of drug-likeness (QED) is 0.524. The topological polar surface area (TPSA) is 75.5 Å². The lowest BCUT2D eigenvalue weighted by atomic mass is 9.96. The minimum absolute atomic E-state index is 0.0580. The first-order valence-corrected chi connectivity index (χ1v) is 12.3. The second-order valence-electron chi connectivity index (χ2n) is 8.47. The van der Waals surface area contributed by atoms with E-state index in [2.05, 4.69) is 4.98 Å². The zero-order valence-electron chi connectivity index (χ0n) is 18.6. The average Bonchev–Trinajstić information content (AvgIpc) is 3.22. The highest BCUT2D eigenvalue weighted by Gasteiger charge is 2.34. The highest BCUT2D eigenvalue weighted by atomic mass is 32.2. The maximum atomic E-state index is 13.1. The minimum atomic E-state index is -4.39. The number of halogens is 3. The Labute approximate surface area is 195 Å². The van der Waals surface area contributed by atoms with Crippen LogP contribution >= 0.6 is 0 Å². The van der Waals surface area contributed by atoms with Crippen molar-refractivity contribution in [3.8, 4) is 0 Å². The predicted octanol–water partition coefficient (Wildman–Crippen LogP) is 3.66. The van der Waals surface area contributed by atoms with Gasteiger partial charge >= 0.3 is 6.18 Å². The normalized spacial score (nSPS) is 16.1. The van der Waals surface area contributed by atoms with Crippen LogP contribution in [0.1, 0.15) is 18.7 Å². The van der Waals surface area contributed by atoms with Crippen molar-refractivity contribution in [2.24, 2.45) is 5.92 Å². The number of carbonyl (C=O) groups excluding carboxylic acids is 1. The number of piperidine rings is 1. The molecule has 4 rings (SSSR count). The number of sulfonamides is 1. The summed E-state index contributed by atoms with van der Waals surface area (Å²) in [5, 5.41) is 1.78. The number of fused-ring (bicyclic) bond motifs is 1. The van der Waals surface area contributed by atoms with Gasteiger partial charge in [0.1, 0.15) is 12.4 Å². The molecule has 0 bridgehead atoms. The fourth-order valence-corrected chi connectivity index (χ4v) is 5.76. The Bertz CT molecular complexity index is 1280. The number of alkyl halides is 3. The van der Waals surface area contributed by atoms with Crippen molar-refractivity contribution in [1.29, 1.82) is 0 Å². The molecule has 2 heterocycles. The first kappa shape index (κ1) is 24.2. The summed E-state index contributed by atoms with van der Waals surface area (Å²) in [5.41, 5.74) is 0. The third-order valence-corrected chi connectivity index (χ3v) is 7.96. The lowest BCUT2D eigenvalue weighted by Crippen LogP contribution is -2.43. The molecule has 182 valence electrons. The van der Waals surface area contributed by atoms with Gasteiger partial charge in [0.25, 0.3) is 0 Å². The number of nitrogens with zero attached hydrogens (tertiary/aromatic N) is 4. The second kappa shape index (κ2) is 9.38. The standard InChI is InChI=1S/C23H25F3N4O3S/c1-28(15-21-27-10-13-29(21)16-23(24,25)26)22(31)18-8-11-30(12-9-18)34(32,33)20-7-6-17-4-2-3-5-19(17)14-20/h2-7,10,13-14,18H,8-9,11-12,15-16H2,1H3. The van der Waals surface area contributed by atoms with Crippen molar-refractivity contribution in [2.75, 3.05) is 20.1 Å². The monoisotopic (exact) mass is 494 g/mol. The highest BCUT2D eigenvalue weighted by molar-refractivity contribution is 7.89. The number of carbonyl (C=O) groups is 1. The van der Waals surface area contributed by atoms with Crippen molar-refractivity contribution in [2.45, 2.75) is 37.0 Å². The molecule has 1 saturated heterocycles. The third kappa shape index (κ3) is 5.25. The van der Waals surface area contributed by atoms with E-state index in [1.807, 2.05) is 24.3 Å². The summed E-state index contributed by atoms with van der Waals surface area (Å²) < 4.78 is 66.8. The van der Waals surface area contributed by atoms with E-state index in [9.17, 15) is 26.4 Å². The first-order chi connectivity index (χ1) is 16.0. The van der Waals surface area contributed by atoms with Crippen LogP contribution in [0.5, 0.6) is 0 Å². The summed E-state index contributed by atoms with van der Waals surface area (Å²) in [5.74, 6) is -0.493. The van der Waals surface area contributed by atoms with E-state index in [0.717, 1.165) is 15.3 Å². The van der Waals surface area contributed by atoms with E-state index in [1.54, 1.807) is 18.2 Å². The van der Waals surface area contributed by atoms with Gasteiger partial charge in [-0.2, -0.15) is 17.5 Å². The number of benzene rings is 2. The van der Waals surface area contributed by atoms with Crippen LogP contribution in [0.2, 0.25) is 0 Å². The smallest absolute Gasteiger partial charge is 0.338 e. The van der Waals surface area contributed by atoms with Crippen LogP contribution < -0.4 is 0 Å². The molecule has 0 aliphatic carbocycles. The Balaban J connectivity index is 1.38. The molecular weight excluding hydrogens is 469 g/mol. The summed E-state index contributed by atoms with van der Waals surface area (Å²) in [6.45, 7) is -0.836. The maximum absolute atomic E-state index is 13.1. The molecule has 1 aromatic heterocycles. The molecule has 1 aliphatic heterocycles. The molecule has 3 aromatic rings. The van der Waals surface area contributed by atoms with Crippen molar-refractivity contribution >= 4 is 26.7 Å². The van der Waals surface area contributed by atoms with Crippen molar-refractivity contribution in [3.05, 3.63) is 60.7 Å². The number of amides is 1. The minimum Gasteiger partial charge on any atom is -0.338 e. The molecule has 0 atom stereocenters. The molecule has 1 aliphatic rings. The van der Waals surface area contributed by atoms with Crippen LogP contribution in [0.25, 0.3) is 10.8 Å². The number of hydrogen-bond donors (Lipinski definition) is 0. The maximum Gasteiger partial charge on any atom is 0.406 e. The molecule has 0 N–H and O–H groups in total. The zero-order chi connectivity index (χ0) is 24.5. The van der Waals surface area contributed by atoms with Crippen LogP contribution in [0, 0.1) is 5.92 Å². The molecule has 34 heavy (non-hydrogen) atoms.